The van der Waals surface area contributed by atoms with E-state index in [0.29, 0.717) is 26.5 Å². The van der Waals surface area contributed by atoms with E-state index in [1.165, 1.54) is 11.8 Å². The van der Waals surface area contributed by atoms with E-state index < -0.39 is 5.72 Å². The number of aliphatic imine (C=N–C) groups is 1. The number of halogens is 3. The second-order valence-corrected chi connectivity index (χ2v) is 4.99. The van der Waals surface area contributed by atoms with Crippen molar-refractivity contribution in [1.29, 1.82) is 0 Å². The largest absolute Gasteiger partial charge is 0.378 e. The Morgan fingerprint density at radius 1 is 1.38 bits per heavy atom. The first-order chi connectivity index (χ1) is 7.01. The first-order valence-electron chi connectivity index (χ1n) is 4.17. The fourth-order valence-electron chi connectivity index (χ4n) is 1.31. The van der Waals surface area contributed by atoms with Gasteiger partial charge in [-0.15, -0.1) is 17.0 Å². The van der Waals surface area contributed by atoms with Gasteiger partial charge in [0.2, 0.25) is 0 Å². The molecule has 1 unspecified atom stereocenters. The maximum Gasteiger partial charge on any atom is 0.194 e. The molecule has 0 saturated carbocycles. The van der Waals surface area contributed by atoms with Crippen LogP contribution in [-0.2, 0) is 5.72 Å². The lowest BCUT2D eigenvalue weighted by atomic mass is 10.1. The molecule has 7 heteroatoms. The summed E-state index contributed by atoms with van der Waals surface area (Å²) in [4.78, 5) is 3.97. The Labute approximate surface area is 118 Å². The average Bonchev–Trinajstić information content (AvgIpc) is 2.52. The quantitative estimate of drug-likeness (QED) is 0.824. The fraction of sp³-hybridized carbons (Fsp3) is 0.222. The van der Waals surface area contributed by atoms with Crippen LogP contribution in [0, 0.1) is 0 Å². The molecule has 1 aliphatic heterocycles. The first-order valence-corrected chi connectivity index (χ1v) is 5.91. The van der Waals surface area contributed by atoms with Gasteiger partial charge < -0.3 is 10.8 Å². The molecular formula is C9H9BrCl2N2OS. The van der Waals surface area contributed by atoms with Gasteiger partial charge in [-0.2, -0.15) is 0 Å². The molecule has 0 saturated heterocycles. The van der Waals surface area contributed by atoms with Crippen LogP contribution >= 0.6 is 51.9 Å². The molecule has 0 bridgehead atoms. The van der Waals surface area contributed by atoms with E-state index in [1.54, 1.807) is 18.2 Å². The smallest absolute Gasteiger partial charge is 0.194 e. The van der Waals surface area contributed by atoms with Crippen molar-refractivity contribution in [1.82, 2.24) is 0 Å². The van der Waals surface area contributed by atoms with Crippen LogP contribution in [0.2, 0.25) is 10.0 Å². The molecule has 1 heterocycles. The number of hydrogen-bond donors (Lipinski definition) is 2. The van der Waals surface area contributed by atoms with E-state index >= 15 is 0 Å². The number of hydrogen-bond acceptors (Lipinski definition) is 4. The van der Waals surface area contributed by atoms with Crippen LogP contribution in [0.15, 0.2) is 23.2 Å². The van der Waals surface area contributed by atoms with Crippen LogP contribution in [0.3, 0.4) is 0 Å². The molecule has 1 aliphatic rings. The summed E-state index contributed by atoms with van der Waals surface area (Å²) in [5, 5.41) is 11.4. The number of thioether (sulfide) groups is 1. The van der Waals surface area contributed by atoms with Crippen molar-refractivity contribution in [3.8, 4) is 0 Å². The predicted molar refractivity (Wildman–Crippen MR) is 74.8 cm³/mol. The average molecular weight is 344 g/mol. The zero-order valence-corrected chi connectivity index (χ0v) is 12.0. The summed E-state index contributed by atoms with van der Waals surface area (Å²) >= 11 is 13.0. The molecule has 16 heavy (non-hydrogen) atoms. The Hall–Kier alpha value is 0.0600. The molecule has 2 rings (SSSR count). The highest BCUT2D eigenvalue weighted by molar-refractivity contribution is 8.93. The van der Waals surface area contributed by atoms with Gasteiger partial charge in [-0.1, -0.05) is 41.0 Å². The summed E-state index contributed by atoms with van der Waals surface area (Å²) in [5.74, 6) is 0.400. The molecule has 1 aromatic carbocycles. The van der Waals surface area contributed by atoms with Crippen LogP contribution in [0.5, 0.6) is 0 Å². The minimum atomic E-state index is -1.27. The fourth-order valence-corrected chi connectivity index (χ4v) is 2.41. The Morgan fingerprint density at radius 3 is 2.56 bits per heavy atom. The van der Waals surface area contributed by atoms with Gasteiger partial charge in [0.15, 0.2) is 10.9 Å². The molecule has 0 fully saturated rings. The van der Waals surface area contributed by atoms with Crippen LogP contribution in [0.25, 0.3) is 0 Å². The highest BCUT2D eigenvalue weighted by Crippen LogP contribution is 2.35. The minimum Gasteiger partial charge on any atom is -0.378 e. The monoisotopic (exact) mass is 342 g/mol. The van der Waals surface area contributed by atoms with Crippen LogP contribution in [0.1, 0.15) is 5.56 Å². The van der Waals surface area contributed by atoms with Gasteiger partial charge in [-0.3, -0.25) is 0 Å². The predicted octanol–water partition coefficient (Wildman–Crippen LogP) is 2.78. The van der Waals surface area contributed by atoms with E-state index in [9.17, 15) is 5.11 Å². The summed E-state index contributed by atoms with van der Waals surface area (Å²) in [5.41, 5.74) is 4.84. The topological polar surface area (TPSA) is 58.6 Å². The SMILES string of the molecule is Br.NC1=NC(O)(c2ccc(Cl)c(Cl)c2)CS1. The van der Waals surface area contributed by atoms with Crippen molar-refractivity contribution in [2.24, 2.45) is 10.7 Å². The second kappa shape index (κ2) is 5.14. The number of aliphatic hydroxyl groups is 1. The molecule has 3 nitrogen and oxygen atoms in total. The van der Waals surface area contributed by atoms with E-state index in [1.807, 2.05) is 0 Å². The Morgan fingerprint density at radius 2 is 2.06 bits per heavy atom. The van der Waals surface area contributed by atoms with Crippen molar-refractivity contribution >= 4 is 57.1 Å². The molecule has 0 aliphatic carbocycles. The minimum absolute atomic E-state index is 0. The zero-order chi connectivity index (χ0) is 11.1. The Kier molecular flexibility index (Phi) is 4.54. The van der Waals surface area contributed by atoms with Crippen molar-refractivity contribution in [2.75, 3.05) is 5.75 Å². The van der Waals surface area contributed by atoms with E-state index in [-0.39, 0.29) is 17.0 Å². The molecular weight excluding hydrogens is 335 g/mol. The van der Waals surface area contributed by atoms with Crippen molar-refractivity contribution in [3.05, 3.63) is 33.8 Å². The highest BCUT2D eigenvalue weighted by Gasteiger charge is 2.34. The van der Waals surface area contributed by atoms with Gasteiger partial charge in [0.05, 0.1) is 15.8 Å². The van der Waals surface area contributed by atoms with Gasteiger partial charge >= 0.3 is 0 Å². The maximum absolute atomic E-state index is 10.2. The van der Waals surface area contributed by atoms with Crippen LogP contribution in [0.4, 0.5) is 0 Å². The Bertz CT molecular complexity index is 444. The summed E-state index contributed by atoms with van der Waals surface area (Å²) in [6.07, 6.45) is 0. The second-order valence-electron chi connectivity index (χ2n) is 3.18. The van der Waals surface area contributed by atoms with Crippen LogP contribution in [-0.4, -0.2) is 16.0 Å². The zero-order valence-electron chi connectivity index (χ0n) is 7.98. The van der Waals surface area contributed by atoms with Crippen LogP contribution < -0.4 is 5.73 Å². The number of nitrogens with zero attached hydrogens (tertiary/aromatic N) is 1. The number of nitrogens with two attached hydrogens (primary N) is 1. The third-order valence-electron chi connectivity index (χ3n) is 2.10. The number of rotatable bonds is 1. The maximum atomic E-state index is 10.2. The van der Waals surface area contributed by atoms with Gasteiger partial charge in [0.1, 0.15) is 0 Å². The third kappa shape index (κ3) is 2.65. The Balaban J connectivity index is 0.00000128. The van der Waals surface area contributed by atoms with E-state index in [2.05, 4.69) is 4.99 Å². The molecule has 3 N–H and O–H groups in total. The summed E-state index contributed by atoms with van der Waals surface area (Å²) in [7, 11) is 0. The lowest BCUT2D eigenvalue weighted by Crippen LogP contribution is -2.23. The molecule has 0 spiro atoms. The lowest BCUT2D eigenvalue weighted by Gasteiger charge is -2.18. The third-order valence-corrected chi connectivity index (χ3v) is 3.77. The lowest BCUT2D eigenvalue weighted by molar-refractivity contribution is 0.0758. The normalized spacial score (nSPS) is 23.8. The highest BCUT2D eigenvalue weighted by atomic mass is 79.9. The van der Waals surface area contributed by atoms with Gasteiger partial charge in [-0.05, 0) is 12.1 Å². The van der Waals surface area contributed by atoms with Crippen molar-refractivity contribution in [3.63, 3.8) is 0 Å². The van der Waals surface area contributed by atoms with Gasteiger partial charge in [0, 0.05) is 5.56 Å². The van der Waals surface area contributed by atoms with Crippen molar-refractivity contribution in [2.45, 2.75) is 5.72 Å². The molecule has 88 valence electrons. The summed E-state index contributed by atoms with van der Waals surface area (Å²) in [6, 6.07) is 4.93. The molecule has 1 atom stereocenters. The number of benzene rings is 1. The first kappa shape index (κ1) is 14.1. The summed E-state index contributed by atoms with van der Waals surface area (Å²) in [6.45, 7) is 0. The standard InChI is InChI=1S/C9H8Cl2N2OS.BrH/c10-6-2-1-5(3-7(6)11)9(14)4-15-8(12)13-9;/h1-3,14H,4H2,(H2,12,13);1H. The van der Waals surface area contributed by atoms with Crippen molar-refractivity contribution < 1.29 is 5.11 Å². The van der Waals surface area contributed by atoms with Gasteiger partial charge in [-0.25, -0.2) is 4.99 Å². The van der Waals surface area contributed by atoms with Gasteiger partial charge in [0.25, 0.3) is 0 Å². The number of amidine groups is 1. The summed E-state index contributed by atoms with van der Waals surface area (Å²) < 4.78 is 0. The van der Waals surface area contributed by atoms with E-state index in [0.717, 1.165) is 0 Å². The van der Waals surface area contributed by atoms with E-state index in [4.69, 9.17) is 28.9 Å². The molecule has 1 aromatic rings. The molecule has 0 amide bonds. The molecule has 0 radical (unpaired) electrons. The molecule has 0 aromatic heterocycles.